The molecule has 0 fully saturated rings. The van der Waals surface area contributed by atoms with Crippen LogP contribution in [0.4, 0.5) is 0 Å². The highest BCUT2D eigenvalue weighted by Gasteiger charge is 2.13. The SMILES string of the molecule is COc1cc(O)cc(OCCCCOc2ccc3c4ccccc4n(CC(=O)O)c3c2)c1. The van der Waals surface area contributed by atoms with Gasteiger partial charge in [0.25, 0.3) is 0 Å². The summed E-state index contributed by atoms with van der Waals surface area (Å²) in [6, 6.07) is 18.4. The van der Waals surface area contributed by atoms with Crippen LogP contribution in [-0.4, -0.2) is 41.1 Å². The second kappa shape index (κ2) is 9.51. The third kappa shape index (κ3) is 4.72. The molecule has 3 aromatic carbocycles. The van der Waals surface area contributed by atoms with Crippen LogP contribution in [0, 0.1) is 0 Å². The van der Waals surface area contributed by atoms with E-state index in [0.717, 1.165) is 34.6 Å². The fourth-order valence-electron chi connectivity index (χ4n) is 3.77. The van der Waals surface area contributed by atoms with Gasteiger partial charge in [0.15, 0.2) is 0 Å². The molecule has 0 bridgehead atoms. The molecule has 0 aliphatic rings. The van der Waals surface area contributed by atoms with Crippen LogP contribution in [-0.2, 0) is 11.3 Å². The van der Waals surface area contributed by atoms with E-state index >= 15 is 0 Å². The first-order valence-electron chi connectivity index (χ1n) is 10.4. The van der Waals surface area contributed by atoms with Crippen molar-refractivity contribution in [2.24, 2.45) is 0 Å². The monoisotopic (exact) mass is 435 g/mol. The van der Waals surface area contributed by atoms with Crippen LogP contribution in [0.3, 0.4) is 0 Å². The number of rotatable bonds is 10. The summed E-state index contributed by atoms with van der Waals surface area (Å²) < 4.78 is 18.5. The van der Waals surface area contributed by atoms with Crippen molar-refractivity contribution in [1.29, 1.82) is 0 Å². The van der Waals surface area contributed by atoms with E-state index in [9.17, 15) is 15.0 Å². The molecule has 7 nitrogen and oxygen atoms in total. The molecule has 0 amide bonds. The minimum absolute atomic E-state index is 0.0957. The Balaban J connectivity index is 1.36. The van der Waals surface area contributed by atoms with E-state index in [2.05, 4.69) is 0 Å². The normalized spacial score (nSPS) is 11.0. The number of carboxylic acids is 1. The third-order valence-electron chi connectivity index (χ3n) is 5.22. The van der Waals surface area contributed by atoms with Crippen LogP contribution in [0.5, 0.6) is 23.0 Å². The Morgan fingerprint density at radius 1 is 0.844 bits per heavy atom. The number of phenolic OH excluding ortho intramolecular Hbond substituents is 1. The van der Waals surface area contributed by atoms with E-state index in [0.29, 0.717) is 30.5 Å². The molecule has 0 aliphatic carbocycles. The van der Waals surface area contributed by atoms with Gasteiger partial charge in [0.05, 0.1) is 25.8 Å². The number of carbonyl (C=O) groups is 1. The first kappa shape index (κ1) is 21.4. The maximum Gasteiger partial charge on any atom is 0.323 e. The van der Waals surface area contributed by atoms with Crippen molar-refractivity contribution >= 4 is 27.8 Å². The Bertz CT molecular complexity index is 1250. The second-order valence-electron chi connectivity index (χ2n) is 7.45. The highest BCUT2D eigenvalue weighted by molar-refractivity contribution is 6.08. The van der Waals surface area contributed by atoms with Crippen molar-refractivity contribution < 1.29 is 29.2 Å². The van der Waals surface area contributed by atoms with Crippen LogP contribution in [0.15, 0.2) is 60.7 Å². The molecule has 0 saturated carbocycles. The lowest BCUT2D eigenvalue weighted by Gasteiger charge is -2.10. The molecule has 0 atom stereocenters. The van der Waals surface area contributed by atoms with Gasteiger partial charge >= 0.3 is 5.97 Å². The average molecular weight is 435 g/mol. The van der Waals surface area contributed by atoms with E-state index in [1.165, 1.54) is 13.2 Å². The van der Waals surface area contributed by atoms with Crippen molar-refractivity contribution in [3.63, 3.8) is 0 Å². The average Bonchev–Trinajstić information content (AvgIpc) is 3.08. The van der Waals surface area contributed by atoms with Gasteiger partial charge in [0.1, 0.15) is 29.5 Å². The number of fused-ring (bicyclic) bond motifs is 3. The number of ether oxygens (including phenoxy) is 3. The maximum atomic E-state index is 11.4. The van der Waals surface area contributed by atoms with Gasteiger partial charge in [-0.2, -0.15) is 0 Å². The number of benzene rings is 3. The van der Waals surface area contributed by atoms with Crippen molar-refractivity contribution in [2.75, 3.05) is 20.3 Å². The third-order valence-corrected chi connectivity index (χ3v) is 5.22. The minimum atomic E-state index is -0.886. The first-order valence-corrected chi connectivity index (χ1v) is 10.4. The summed E-state index contributed by atoms with van der Waals surface area (Å²) in [5, 5.41) is 21.0. The van der Waals surface area contributed by atoms with E-state index < -0.39 is 5.97 Å². The molecule has 1 heterocycles. The van der Waals surface area contributed by atoms with E-state index in [-0.39, 0.29) is 12.3 Å². The largest absolute Gasteiger partial charge is 0.508 e. The van der Waals surface area contributed by atoms with Crippen LogP contribution >= 0.6 is 0 Å². The molecule has 1 aromatic heterocycles. The zero-order valence-corrected chi connectivity index (χ0v) is 17.8. The smallest absolute Gasteiger partial charge is 0.323 e. The van der Waals surface area contributed by atoms with Crippen LogP contribution in [0.2, 0.25) is 0 Å². The fourth-order valence-corrected chi connectivity index (χ4v) is 3.77. The number of methoxy groups -OCH3 is 1. The molecular weight excluding hydrogens is 410 g/mol. The zero-order valence-electron chi connectivity index (χ0n) is 17.8. The van der Waals surface area contributed by atoms with E-state index in [1.807, 2.05) is 42.5 Å². The Hall–Kier alpha value is -3.87. The van der Waals surface area contributed by atoms with Gasteiger partial charge in [-0.05, 0) is 31.0 Å². The van der Waals surface area contributed by atoms with Crippen LogP contribution in [0.25, 0.3) is 21.8 Å². The predicted molar refractivity (Wildman–Crippen MR) is 122 cm³/mol. The number of hydrogen-bond acceptors (Lipinski definition) is 5. The number of hydrogen-bond donors (Lipinski definition) is 2. The Morgan fingerprint density at radius 2 is 1.53 bits per heavy atom. The van der Waals surface area contributed by atoms with Crippen molar-refractivity contribution in [3.05, 3.63) is 60.7 Å². The lowest BCUT2D eigenvalue weighted by molar-refractivity contribution is -0.137. The molecular formula is C25H25NO6. The molecule has 7 heteroatoms. The molecule has 4 rings (SSSR count). The number of aromatic nitrogens is 1. The number of carboxylic acid groups (broad SMARTS) is 1. The van der Waals surface area contributed by atoms with Crippen LogP contribution in [0.1, 0.15) is 12.8 Å². The standard InChI is InChI=1S/C25H25NO6/c1-30-19-12-17(27)13-20(14-19)32-11-5-4-10-31-18-8-9-22-21-6-2-3-7-23(21)26(16-25(28)29)24(22)15-18/h2-3,6-9,12-15,27H,4-5,10-11,16H2,1H3,(H,28,29). The van der Waals surface area contributed by atoms with Crippen molar-refractivity contribution in [1.82, 2.24) is 4.57 Å². The number of aliphatic carboxylic acids is 1. The minimum Gasteiger partial charge on any atom is -0.508 e. The van der Waals surface area contributed by atoms with E-state index in [4.69, 9.17) is 14.2 Å². The molecule has 32 heavy (non-hydrogen) atoms. The van der Waals surface area contributed by atoms with Gasteiger partial charge < -0.3 is 29.0 Å². The van der Waals surface area contributed by atoms with Gasteiger partial charge in [-0.1, -0.05) is 18.2 Å². The van der Waals surface area contributed by atoms with Crippen LogP contribution < -0.4 is 14.2 Å². The zero-order chi connectivity index (χ0) is 22.5. The molecule has 2 N–H and O–H groups in total. The fraction of sp³-hybridized carbons (Fsp3) is 0.240. The predicted octanol–water partition coefficient (Wildman–Crippen LogP) is 4.83. The Morgan fingerprint density at radius 3 is 2.28 bits per heavy atom. The lowest BCUT2D eigenvalue weighted by atomic mass is 10.1. The quantitative estimate of drug-likeness (QED) is 0.347. The highest BCUT2D eigenvalue weighted by Crippen LogP contribution is 2.31. The summed E-state index contributed by atoms with van der Waals surface area (Å²) >= 11 is 0. The van der Waals surface area contributed by atoms with Gasteiger partial charge in [0.2, 0.25) is 0 Å². The van der Waals surface area contributed by atoms with E-state index in [1.54, 1.807) is 16.7 Å². The molecule has 0 aliphatic heterocycles. The summed E-state index contributed by atoms with van der Waals surface area (Å²) in [4.78, 5) is 11.4. The molecule has 0 unspecified atom stereocenters. The van der Waals surface area contributed by atoms with Gasteiger partial charge in [-0.25, -0.2) is 0 Å². The summed E-state index contributed by atoms with van der Waals surface area (Å²) in [6.07, 6.45) is 1.56. The topological polar surface area (TPSA) is 90.2 Å². The van der Waals surface area contributed by atoms with Crippen molar-refractivity contribution in [3.8, 4) is 23.0 Å². The number of phenols is 1. The highest BCUT2D eigenvalue weighted by atomic mass is 16.5. The Kier molecular flexibility index (Phi) is 6.35. The summed E-state index contributed by atoms with van der Waals surface area (Å²) in [5.74, 6) is 1.01. The second-order valence-corrected chi connectivity index (χ2v) is 7.45. The van der Waals surface area contributed by atoms with Gasteiger partial charge in [0, 0.05) is 40.6 Å². The molecule has 166 valence electrons. The lowest BCUT2D eigenvalue weighted by Crippen LogP contribution is -2.08. The number of nitrogens with zero attached hydrogens (tertiary/aromatic N) is 1. The molecule has 4 aromatic rings. The number of aromatic hydroxyl groups is 1. The number of unbranched alkanes of at least 4 members (excludes halogenated alkanes) is 1. The number of para-hydroxylation sites is 1. The summed E-state index contributed by atoms with van der Waals surface area (Å²) in [5.41, 5.74) is 1.73. The van der Waals surface area contributed by atoms with Crippen molar-refractivity contribution in [2.45, 2.75) is 19.4 Å². The molecule has 0 spiro atoms. The first-order chi connectivity index (χ1) is 15.5. The maximum absolute atomic E-state index is 11.4. The molecule has 0 saturated heterocycles. The molecule has 0 radical (unpaired) electrons. The van der Waals surface area contributed by atoms with Gasteiger partial charge in [-0.3, -0.25) is 4.79 Å². The van der Waals surface area contributed by atoms with Gasteiger partial charge in [-0.15, -0.1) is 0 Å². The summed E-state index contributed by atoms with van der Waals surface area (Å²) in [7, 11) is 1.54. The Labute approximate surface area is 185 Å². The summed E-state index contributed by atoms with van der Waals surface area (Å²) in [6.45, 7) is 0.893.